The van der Waals surface area contributed by atoms with E-state index in [4.69, 9.17) is 22.1 Å². The lowest BCUT2D eigenvalue weighted by molar-refractivity contribution is 0.415. The van der Waals surface area contributed by atoms with Gasteiger partial charge in [-0.1, -0.05) is 11.6 Å². The van der Waals surface area contributed by atoms with Gasteiger partial charge in [-0.15, -0.1) is 0 Å². The van der Waals surface area contributed by atoms with Gasteiger partial charge in [-0.25, -0.2) is 4.52 Å². The molecule has 0 saturated carbocycles. The van der Waals surface area contributed by atoms with Crippen LogP contribution in [0.5, 0.6) is 5.75 Å². The van der Waals surface area contributed by atoms with E-state index in [2.05, 4.69) is 5.10 Å². The Bertz CT molecular complexity index is 752. The van der Waals surface area contributed by atoms with E-state index >= 15 is 0 Å². The Morgan fingerprint density at radius 1 is 1.21 bits per heavy atom. The van der Waals surface area contributed by atoms with Crippen molar-refractivity contribution in [1.29, 1.82) is 0 Å². The minimum Gasteiger partial charge on any atom is -0.495 e. The fourth-order valence-corrected chi connectivity index (χ4v) is 2.23. The number of pyridine rings is 1. The van der Waals surface area contributed by atoms with Crippen molar-refractivity contribution in [2.45, 2.75) is 0 Å². The van der Waals surface area contributed by atoms with E-state index in [1.807, 2.05) is 36.4 Å². The molecule has 3 rings (SSSR count). The van der Waals surface area contributed by atoms with Gasteiger partial charge in [-0.3, -0.25) is 0 Å². The van der Waals surface area contributed by atoms with E-state index < -0.39 is 0 Å². The Labute approximate surface area is 115 Å². The lowest BCUT2D eigenvalue weighted by atomic mass is 10.1. The van der Waals surface area contributed by atoms with E-state index in [0.717, 1.165) is 16.8 Å². The van der Waals surface area contributed by atoms with Crippen molar-refractivity contribution in [3.63, 3.8) is 0 Å². The molecule has 2 heterocycles. The highest BCUT2D eigenvalue weighted by Gasteiger charge is 2.07. The number of fused-ring (bicyclic) bond motifs is 1. The van der Waals surface area contributed by atoms with E-state index in [-0.39, 0.29) is 0 Å². The molecule has 0 saturated heterocycles. The topological polar surface area (TPSA) is 52.5 Å². The first-order chi connectivity index (χ1) is 9.17. The predicted molar refractivity (Wildman–Crippen MR) is 76.6 cm³/mol. The smallest absolute Gasteiger partial charge is 0.137 e. The minimum absolute atomic E-state index is 0.566. The summed E-state index contributed by atoms with van der Waals surface area (Å²) in [6, 6.07) is 11.4. The van der Waals surface area contributed by atoms with Crippen LogP contribution in [-0.4, -0.2) is 16.7 Å². The number of ether oxygens (including phenoxy) is 1. The van der Waals surface area contributed by atoms with Gasteiger partial charge in [0, 0.05) is 5.56 Å². The van der Waals surface area contributed by atoms with Crippen LogP contribution in [0.15, 0.2) is 42.6 Å². The molecule has 0 aliphatic rings. The highest BCUT2D eigenvalue weighted by molar-refractivity contribution is 6.32. The Morgan fingerprint density at radius 2 is 2.05 bits per heavy atom. The summed E-state index contributed by atoms with van der Waals surface area (Å²) in [4.78, 5) is 0. The maximum Gasteiger partial charge on any atom is 0.137 e. The first kappa shape index (κ1) is 11.9. The minimum atomic E-state index is 0.566. The molecule has 2 aromatic heterocycles. The molecule has 0 fully saturated rings. The summed E-state index contributed by atoms with van der Waals surface area (Å²) in [6.07, 6.45) is 1.78. The molecule has 0 aliphatic carbocycles. The summed E-state index contributed by atoms with van der Waals surface area (Å²) in [7, 11) is 1.59. The average Bonchev–Trinajstić information content (AvgIpc) is 2.81. The number of benzene rings is 1. The van der Waals surface area contributed by atoms with Crippen molar-refractivity contribution in [2.75, 3.05) is 12.8 Å². The Hall–Kier alpha value is -2.20. The number of nitrogens with zero attached hydrogens (tertiary/aromatic N) is 2. The van der Waals surface area contributed by atoms with E-state index in [1.54, 1.807) is 17.8 Å². The van der Waals surface area contributed by atoms with Gasteiger partial charge in [-0.2, -0.15) is 5.10 Å². The molecule has 0 radical (unpaired) electrons. The molecule has 96 valence electrons. The number of aromatic nitrogens is 2. The molecule has 0 unspecified atom stereocenters. The van der Waals surface area contributed by atoms with Crippen molar-refractivity contribution in [1.82, 2.24) is 9.61 Å². The predicted octanol–water partition coefficient (Wildman–Crippen LogP) is 3.25. The SMILES string of the molecule is COc1ccc(-c2cc3ccc(N)cn3n2)cc1Cl. The second kappa shape index (κ2) is 4.48. The summed E-state index contributed by atoms with van der Waals surface area (Å²) in [5, 5.41) is 5.04. The highest BCUT2D eigenvalue weighted by atomic mass is 35.5. The molecule has 3 aromatic rings. The first-order valence-electron chi connectivity index (χ1n) is 5.76. The van der Waals surface area contributed by atoms with Gasteiger partial charge in [0.1, 0.15) is 5.75 Å². The van der Waals surface area contributed by atoms with Crippen molar-refractivity contribution < 1.29 is 4.74 Å². The van der Waals surface area contributed by atoms with Crippen molar-refractivity contribution in [2.24, 2.45) is 0 Å². The lowest BCUT2D eigenvalue weighted by Gasteiger charge is -2.03. The number of hydrogen-bond donors (Lipinski definition) is 1. The molecular weight excluding hydrogens is 262 g/mol. The van der Waals surface area contributed by atoms with Crippen molar-refractivity contribution in [3.05, 3.63) is 47.6 Å². The quantitative estimate of drug-likeness (QED) is 0.780. The van der Waals surface area contributed by atoms with Gasteiger partial charge in [0.05, 0.1) is 35.2 Å². The zero-order chi connectivity index (χ0) is 13.4. The Balaban J connectivity index is 2.11. The number of nitrogens with two attached hydrogens (primary N) is 1. The van der Waals surface area contributed by atoms with Crippen LogP contribution in [0.3, 0.4) is 0 Å². The fraction of sp³-hybridized carbons (Fsp3) is 0.0714. The average molecular weight is 274 g/mol. The van der Waals surface area contributed by atoms with Gasteiger partial charge in [0.15, 0.2) is 0 Å². The molecule has 19 heavy (non-hydrogen) atoms. The summed E-state index contributed by atoms with van der Waals surface area (Å²) in [6.45, 7) is 0. The first-order valence-corrected chi connectivity index (χ1v) is 6.14. The molecule has 0 amide bonds. The second-order valence-corrected chi connectivity index (χ2v) is 4.62. The largest absolute Gasteiger partial charge is 0.495 e. The molecule has 0 bridgehead atoms. The van der Waals surface area contributed by atoms with Crippen LogP contribution in [0.2, 0.25) is 5.02 Å². The van der Waals surface area contributed by atoms with Crippen LogP contribution in [0.1, 0.15) is 0 Å². The van der Waals surface area contributed by atoms with Crippen LogP contribution < -0.4 is 10.5 Å². The molecule has 1 aromatic carbocycles. The standard InChI is InChI=1S/C14H12ClN3O/c1-19-14-5-2-9(6-12(14)15)13-7-11-4-3-10(16)8-18(11)17-13/h2-8H,16H2,1H3. The molecular formula is C14H12ClN3O. The normalized spacial score (nSPS) is 10.8. The third-order valence-electron chi connectivity index (χ3n) is 2.93. The zero-order valence-electron chi connectivity index (χ0n) is 10.3. The summed E-state index contributed by atoms with van der Waals surface area (Å²) in [5.41, 5.74) is 9.17. The monoisotopic (exact) mass is 273 g/mol. The van der Waals surface area contributed by atoms with Crippen LogP contribution in [0, 0.1) is 0 Å². The van der Waals surface area contributed by atoms with Gasteiger partial charge >= 0.3 is 0 Å². The van der Waals surface area contributed by atoms with E-state index in [0.29, 0.717) is 16.5 Å². The zero-order valence-corrected chi connectivity index (χ0v) is 11.1. The Kier molecular flexibility index (Phi) is 2.80. The maximum absolute atomic E-state index is 6.12. The van der Waals surface area contributed by atoms with Crippen molar-refractivity contribution in [3.8, 4) is 17.0 Å². The van der Waals surface area contributed by atoms with E-state index in [1.165, 1.54) is 0 Å². The number of methoxy groups -OCH3 is 1. The third-order valence-corrected chi connectivity index (χ3v) is 3.23. The van der Waals surface area contributed by atoms with Gasteiger partial charge in [0.2, 0.25) is 0 Å². The van der Waals surface area contributed by atoms with Crippen molar-refractivity contribution >= 4 is 22.8 Å². The number of rotatable bonds is 2. The number of halogens is 1. The summed E-state index contributed by atoms with van der Waals surface area (Å²) in [5.74, 6) is 0.651. The van der Waals surface area contributed by atoms with Gasteiger partial charge in [0.25, 0.3) is 0 Å². The molecule has 4 nitrogen and oxygen atoms in total. The highest BCUT2D eigenvalue weighted by Crippen LogP contribution is 2.30. The van der Waals surface area contributed by atoms with Gasteiger partial charge in [-0.05, 0) is 36.4 Å². The number of anilines is 1. The number of hydrogen-bond acceptors (Lipinski definition) is 3. The second-order valence-electron chi connectivity index (χ2n) is 4.21. The van der Waals surface area contributed by atoms with E-state index in [9.17, 15) is 0 Å². The molecule has 0 aliphatic heterocycles. The lowest BCUT2D eigenvalue weighted by Crippen LogP contribution is -1.91. The van der Waals surface area contributed by atoms with Crippen LogP contribution >= 0.6 is 11.6 Å². The molecule has 0 spiro atoms. The third kappa shape index (κ3) is 2.11. The fourth-order valence-electron chi connectivity index (χ4n) is 1.97. The van der Waals surface area contributed by atoms with Crippen LogP contribution in [0.25, 0.3) is 16.8 Å². The van der Waals surface area contributed by atoms with Gasteiger partial charge < -0.3 is 10.5 Å². The Morgan fingerprint density at radius 3 is 2.79 bits per heavy atom. The molecule has 0 atom stereocenters. The van der Waals surface area contributed by atoms with Crippen LogP contribution in [0.4, 0.5) is 5.69 Å². The number of nitrogen functional groups attached to an aromatic ring is 1. The molecule has 2 N–H and O–H groups in total. The summed E-state index contributed by atoms with van der Waals surface area (Å²) >= 11 is 6.12. The maximum atomic E-state index is 6.12. The van der Waals surface area contributed by atoms with Crippen LogP contribution in [-0.2, 0) is 0 Å². The summed E-state index contributed by atoms with van der Waals surface area (Å²) < 4.78 is 6.89. The molecule has 5 heteroatoms.